The number of carbonyl (C=O) groups excluding carboxylic acids is 1. The lowest BCUT2D eigenvalue weighted by Gasteiger charge is -2.33. The van der Waals surface area contributed by atoms with Crippen LogP contribution in [0.2, 0.25) is 0 Å². The molecule has 1 aromatic heterocycles. The summed E-state index contributed by atoms with van der Waals surface area (Å²) in [6.07, 6.45) is 0. The smallest absolute Gasteiger partial charge is 0.340 e. The molecule has 138 valence electrons. The predicted octanol–water partition coefficient (Wildman–Crippen LogP) is 2.52. The van der Waals surface area contributed by atoms with E-state index in [9.17, 15) is 24.6 Å². The molecule has 7 rings (SSSR count). The van der Waals surface area contributed by atoms with Crippen molar-refractivity contribution in [2.45, 2.75) is 5.60 Å². The van der Waals surface area contributed by atoms with Crippen molar-refractivity contribution in [2.24, 2.45) is 0 Å². The van der Waals surface area contributed by atoms with Crippen LogP contribution in [0, 0.1) is 0 Å². The molecule has 0 radical (unpaired) electrons. The molecule has 2 aliphatic heterocycles. The van der Waals surface area contributed by atoms with E-state index in [1.54, 1.807) is 24.3 Å². The summed E-state index contributed by atoms with van der Waals surface area (Å²) < 4.78 is 11.8. The van der Waals surface area contributed by atoms with E-state index in [0.29, 0.717) is 22.3 Å². The molecule has 0 amide bonds. The molecular formula is C22H8O7. The Bertz CT molecular complexity index is 1710. The fourth-order valence-corrected chi connectivity index (χ4v) is 4.90. The van der Waals surface area contributed by atoms with Crippen molar-refractivity contribution >= 4 is 38.7 Å². The van der Waals surface area contributed by atoms with Gasteiger partial charge in [-0.1, -0.05) is 18.2 Å². The first-order chi connectivity index (χ1) is 14.0. The van der Waals surface area contributed by atoms with Crippen LogP contribution in [0.5, 0.6) is 11.5 Å². The maximum Gasteiger partial charge on any atom is 0.340 e. The second-order valence-corrected chi connectivity index (χ2v) is 7.39. The molecule has 5 aromatic rings. The van der Waals surface area contributed by atoms with Crippen molar-refractivity contribution < 1.29 is 24.2 Å². The number of esters is 1. The first-order valence-electron chi connectivity index (χ1n) is 8.86. The van der Waals surface area contributed by atoms with Crippen molar-refractivity contribution in [3.63, 3.8) is 0 Å². The van der Waals surface area contributed by atoms with Crippen LogP contribution < -0.4 is 10.9 Å². The van der Waals surface area contributed by atoms with Gasteiger partial charge in [-0.25, -0.2) is 4.79 Å². The third-order valence-corrected chi connectivity index (χ3v) is 6.12. The maximum atomic E-state index is 12.8. The Morgan fingerprint density at radius 1 is 0.759 bits per heavy atom. The van der Waals surface area contributed by atoms with E-state index in [0.717, 1.165) is 0 Å². The Labute approximate surface area is 159 Å². The molecule has 1 unspecified atom stereocenters. The summed E-state index contributed by atoms with van der Waals surface area (Å²) in [5.41, 5.74) is -1.07. The van der Waals surface area contributed by atoms with Crippen LogP contribution in [-0.4, -0.2) is 16.2 Å². The molecule has 0 saturated carbocycles. The predicted molar refractivity (Wildman–Crippen MR) is 101 cm³/mol. The van der Waals surface area contributed by atoms with Gasteiger partial charge in [0.1, 0.15) is 27.9 Å². The first kappa shape index (κ1) is 14.9. The molecule has 7 nitrogen and oxygen atoms in total. The highest BCUT2D eigenvalue weighted by molar-refractivity contribution is 6.22. The molecule has 29 heavy (non-hydrogen) atoms. The van der Waals surface area contributed by atoms with Crippen molar-refractivity contribution in [1.82, 2.24) is 0 Å². The SMILES string of the molecule is O=C1OC2(c3ccccc31)c1ccc(=O)c3c(O)c4c(=O)c5c(O)c5c2c4oc13. The molecule has 7 heteroatoms. The fraction of sp³-hybridized carbons (Fsp3) is 0.0455. The topological polar surface area (TPSA) is 114 Å². The number of aromatic hydroxyl groups is 2. The molecule has 2 N–H and O–H groups in total. The molecule has 0 aliphatic carbocycles. The molecule has 4 aromatic carbocycles. The average Bonchev–Trinajstić information content (AvgIpc) is 3.28. The van der Waals surface area contributed by atoms with Gasteiger partial charge < -0.3 is 19.4 Å². The largest absolute Gasteiger partial charge is 0.506 e. The fourth-order valence-electron chi connectivity index (χ4n) is 4.90. The standard InChI is InChI=1S/C22H8O7/c23-10-6-5-9-19-11(10)16(24)14-18(26)13-12(17(13)25)15(20(14)28-19)22(9)8-4-2-1-3-7(8)21(27)29-22/h1-6,24-25H. The number of benzene rings is 3. The van der Waals surface area contributed by atoms with Gasteiger partial charge in [0.2, 0.25) is 5.43 Å². The highest BCUT2D eigenvalue weighted by Gasteiger charge is 2.56. The Morgan fingerprint density at radius 3 is 2.34 bits per heavy atom. The summed E-state index contributed by atoms with van der Waals surface area (Å²) >= 11 is 0. The highest BCUT2D eigenvalue weighted by Crippen LogP contribution is 2.60. The Hall–Kier alpha value is -4.13. The molecule has 0 fully saturated rings. The van der Waals surface area contributed by atoms with Gasteiger partial charge >= 0.3 is 5.97 Å². The van der Waals surface area contributed by atoms with E-state index in [1.165, 1.54) is 12.1 Å². The molecule has 1 atom stereocenters. The van der Waals surface area contributed by atoms with E-state index in [2.05, 4.69) is 0 Å². The van der Waals surface area contributed by atoms with Gasteiger partial charge in [-0.15, -0.1) is 0 Å². The van der Waals surface area contributed by atoms with Crippen LogP contribution in [0.3, 0.4) is 0 Å². The summed E-state index contributed by atoms with van der Waals surface area (Å²) in [5.74, 6) is -1.29. The van der Waals surface area contributed by atoms with E-state index in [1.807, 2.05) is 0 Å². The Kier molecular flexibility index (Phi) is 2.13. The summed E-state index contributed by atoms with van der Waals surface area (Å²) in [6, 6.07) is 9.55. The number of ether oxygens (including phenoxy) is 1. The summed E-state index contributed by atoms with van der Waals surface area (Å²) in [4.78, 5) is 38.1. The zero-order valence-corrected chi connectivity index (χ0v) is 14.4. The molecule has 0 saturated heterocycles. The minimum absolute atomic E-state index is 0.00500. The zero-order chi connectivity index (χ0) is 19.8. The molecule has 1 spiro atoms. The number of rotatable bonds is 0. The Balaban J connectivity index is 1.86. The van der Waals surface area contributed by atoms with Crippen molar-refractivity contribution in [2.75, 3.05) is 0 Å². The third kappa shape index (κ3) is 1.32. The lowest BCUT2D eigenvalue weighted by atomic mass is 9.76. The second-order valence-electron chi connectivity index (χ2n) is 7.39. The van der Waals surface area contributed by atoms with Gasteiger partial charge in [-0.2, -0.15) is 0 Å². The van der Waals surface area contributed by atoms with Crippen molar-refractivity contribution in [3.8, 4) is 11.5 Å². The van der Waals surface area contributed by atoms with Gasteiger partial charge in [-0.3, -0.25) is 9.59 Å². The summed E-state index contributed by atoms with van der Waals surface area (Å²) in [7, 11) is 0. The maximum absolute atomic E-state index is 12.8. The lowest BCUT2D eigenvalue weighted by molar-refractivity contribution is 0.0253. The van der Waals surface area contributed by atoms with E-state index in [-0.39, 0.29) is 38.5 Å². The van der Waals surface area contributed by atoms with Gasteiger partial charge in [-0.05, 0) is 18.2 Å². The van der Waals surface area contributed by atoms with Crippen LogP contribution >= 0.6 is 0 Å². The third-order valence-electron chi connectivity index (χ3n) is 6.12. The highest BCUT2D eigenvalue weighted by atomic mass is 16.6. The van der Waals surface area contributed by atoms with E-state index >= 15 is 0 Å². The van der Waals surface area contributed by atoms with E-state index < -0.39 is 28.2 Å². The van der Waals surface area contributed by atoms with Gasteiger partial charge in [0, 0.05) is 16.5 Å². The van der Waals surface area contributed by atoms with Crippen molar-refractivity contribution in [3.05, 3.63) is 79.1 Å². The quantitative estimate of drug-likeness (QED) is 0.311. The van der Waals surface area contributed by atoms with Crippen LogP contribution in [0.4, 0.5) is 0 Å². The molecule has 2 bridgehead atoms. The Morgan fingerprint density at radius 2 is 1.52 bits per heavy atom. The molecule has 3 heterocycles. The lowest BCUT2D eigenvalue weighted by Crippen LogP contribution is -2.33. The van der Waals surface area contributed by atoms with Crippen LogP contribution in [-0.2, 0) is 10.3 Å². The minimum Gasteiger partial charge on any atom is -0.506 e. The monoisotopic (exact) mass is 384 g/mol. The molecular weight excluding hydrogens is 376 g/mol. The minimum atomic E-state index is -1.49. The average molecular weight is 384 g/mol. The normalized spacial score (nSPS) is 19.4. The first-order valence-corrected chi connectivity index (χ1v) is 8.86. The van der Waals surface area contributed by atoms with Crippen LogP contribution in [0.1, 0.15) is 27.0 Å². The van der Waals surface area contributed by atoms with Crippen LogP contribution in [0.15, 0.2) is 50.4 Å². The van der Waals surface area contributed by atoms with Crippen molar-refractivity contribution in [1.29, 1.82) is 0 Å². The van der Waals surface area contributed by atoms with E-state index in [4.69, 9.17) is 9.15 Å². The number of fused-ring (bicyclic) bond motifs is 6. The molecule has 2 aliphatic rings. The number of hydrogen-bond donors (Lipinski definition) is 2. The number of hydrogen-bond acceptors (Lipinski definition) is 7. The summed E-state index contributed by atoms with van der Waals surface area (Å²) in [5, 5.41) is 21.1. The zero-order valence-electron chi connectivity index (χ0n) is 14.4. The number of carbonyl (C=O) groups is 1. The second kappa shape index (κ2) is 4.15. The van der Waals surface area contributed by atoms with Gasteiger partial charge in [0.15, 0.2) is 16.6 Å². The summed E-state index contributed by atoms with van der Waals surface area (Å²) in [6.45, 7) is 0. The van der Waals surface area contributed by atoms with Gasteiger partial charge in [0.25, 0.3) is 0 Å². The van der Waals surface area contributed by atoms with Crippen LogP contribution in [0.25, 0.3) is 32.7 Å². The van der Waals surface area contributed by atoms with Gasteiger partial charge in [0.05, 0.1) is 16.5 Å².